The molecule has 7 heteroatoms. The first-order chi connectivity index (χ1) is 11.8. The summed E-state index contributed by atoms with van der Waals surface area (Å²) in [5.74, 6) is 1.26. The van der Waals surface area contributed by atoms with Crippen molar-refractivity contribution in [1.29, 1.82) is 0 Å². The molecule has 1 atom stereocenters. The molecule has 1 aliphatic rings. The topological polar surface area (TPSA) is 72.9 Å². The van der Waals surface area contributed by atoms with Gasteiger partial charge in [-0.15, -0.1) is 0 Å². The van der Waals surface area contributed by atoms with Crippen molar-refractivity contribution < 1.29 is 4.52 Å². The number of nitrogens with zero attached hydrogens (tertiary/aromatic N) is 6. The van der Waals surface area contributed by atoms with Crippen LogP contribution in [0.3, 0.4) is 0 Å². The highest BCUT2D eigenvalue weighted by Gasteiger charge is 2.27. The molecular formula is C17H20N6O. The average Bonchev–Trinajstić information content (AvgIpc) is 3.34. The Kier molecular flexibility index (Phi) is 4.08. The Morgan fingerprint density at radius 2 is 2.08 bits per heavy atom. The minimum atomic E-state index is 0.117. The second kappa shape index (κ2) is 6.52. The van der Waals surface area contributed by atoms with Crippen LogP contribution in [0.25, 0.3) is 11.4 Å². The first-order valence-electron chi connectivity index (χ1n) is 8.27. The van der Waals surface area contributed by atoms with Crippen LogP contribution in [0.15, 0.2) is 47.8 Å². The second-order valence-electron chi connectivity index (χ2n) is 6.15. The summed E-state index contributed by atoms with van der Waals surface area (Å²) in [6, 6.07) is 4.45. The van der Waals surface area contributed by atoms with Crippen molar-refractivity contribution in [2.75, 3.05) is 13.1 Å². The van der Waals surface area contributed by atoms with Crippen molar-refractivity contribution in [2.24, 2.45) is 0 Å². The first kappa shape index (κ1) is 15.0. The second-order valence-corrected chi connectivity index (χ2v) is 6.15. The molecule has 1 saturated heterocycles. The van der Waals surface area contributed by atoms with Crippen LogP contribution in [0.1, 0.15) is 37.7 Å². The lowest BCUT2D eigenvalue weighted by atomic mass is 10.0. The Labute approximate surface area is 140 Å². The first-order valence-corrected chi connectivity index (χ1v) is 8.27. The van der Waals surface area contributed by atoms with E-state index in [2.05, 4.69) is 36.5 Å². The normalized spacial score (nSPS) is 17.9. The van der Waals surface area contributed by atoms with Crippen LogP contribution >= 0.6 is 0 Å². The molecule has 0 aromatic carbocycles. The number of pyridine rings is 1. The van der Waals surface area contributed by atoms with Crippen LogP contribution in [0, 0.1) is 0 Å². The molecule has 0 radical (unpaired) electrons. The number of piperidine rings is 1. The molecule has 124 valence electrons. The summed E-state index contributed by atoms with van der Waals surface area (Å²) < 4.78 is 7.69. The molecule has 0 spiro atoms. The van der Waals surface area contributed by atoms with Gasteiger partial charge in [-0.05, 0) is 31.9 Å². The number of likely N-dealkylation sites (tertiary alicyclic amines) is 1. The molecule has 1 fully saturated rings. The Bertz CT molecular complexity index is 762. The highest BCUT2D eigenvalue weighted by atomic mass is 16.5. The van der Waals surface area contributed by atoms with Gasteiger partial charge in [0.05, 0.1) is 12.4 Å². The van der Waals surface area contributed by atoms with Gasteiger partial charge in [0, 0.05) is 49.5 Å². The van der Waals surface area contributed by atoms with Crippen LogP contribution in [0.5, 0.6) is 0 Å². The van der Waals surface area contributed by atoms with Gasteiger partial charge >= 0.3 is 0 Å². The number of hydrogen-bond acceptors (Lipinski definition) is 6. The summed E-state index contributed by atoms with van der Waals surface area (Å²) in [4.78, 5) is 15.2. The lowest BCUT2D eigenvalue weighted by molar-refractivity contribution is 0.122. The van der Waals surface area contributed by atoms with Crippen LogP contribution < -0.4 is 0 Å². The van der Waals surface area contributed by atoms with Crippen molar-refractivity contribution in [3.05, 3.63) is 49.1 Å². The third kappa shape index (κ3) is 2.94. The molecule has 1 unspecified atom stereocenters. The van der Waals surface area contributed by atoms with Crippen LogP contribution in [0.2, 0.25) is 0 Å². The van der Waals surface area contributed by atoms with Crippen molar-refractivity contribution >= 4 is 0 Å². The maximum absolute atomic E-state index is 5.49. The molecule has 1 aliphatic heterocycles. The van der Waals surface area contributed by atoms with E-state index in [0.29, 0.717) is 17.8 Å². The average molecular weight is 324 g/mol. The molecule has 0 bridgehead atoms. The van der Waals surface area contributed by atoms with E-state index in [1.54, 1.807) is 12.4 Å². The van der Waals surface area contributed by atoms with Gasteiger partial charge in [0.25, 0.3) is 0 Å². The summed E-state index contributed by atoms with van der Waals surface area (Å²) in [7, 11) is 0. The van der Waals surface area contributed by atoms with E-state index in [1.165, 1.54) is 0 Å². The quantitative estimate of drug-likeness (QED) is 0.735. The highest BCUT2D eigenvalue weighted by molar-refractivity contribution is 5.51. The number of imidazole rings is 1. The monoisotopic (exact) mass is 324 g/mol. The van der Waals surface area contributed by atoms with E-state index in [0.717, 1.165) is 31.5 Å². The Balaban J connectivity index is 1.42. The Hall–Kier alpha value is -2.54. The standard InChI is InChI=1S/C17H20N6O/c1-13(17-20-16(21-24-17)14-3-2-6-18-11-14)22-8-4-15(5-9-22)23-10-7-19-12-23/h2-3,6-7,10-13,15H,4-5,8-9H2,1H3. The fourth-order valence-electron chi connectivity index (χ4n) is 3.23. The van der Waals surface area contributed by atoms with E-state index in [4.69, 9.17) is 4.52 Å². The summed E-state index contributed by atoms with van der Waals surface area (Å²) >= 11 is 0. The van der Waals surface area contributed by atoms with Gasteiger partial charge in [-0.2, -0.15) is 4.98 Å². The molecule has 0 aliphatic carbocycles. The fourth-order valence-corrected chi connectivity index (χ4v) is 3.23. The van der Waals surface area contributed by atoms with E-state index in [9.17, 15) is 0 Å². The summed E-state index contributed by atoms with van der Waals surface area (Å²) in [6.07, 6.45) is 11.5. The van der Waals surface area contributed by atoms with Gasteiger partial charge < -0.3 is 9.09 Å². The van der Waals surface area contributed by atoms with Gasteiger partial charge in [0.1, 0.15) is 0 Å². The zero-order valence-electron chi connectivity index (χ0n) is 13.6. The molecule has 0 amide bonds. The smallest absolute Gasteiger partial charge is 0.244 e. The molecule has 4 heterocycles. The number of hydrogen-bond donors (Lipinski definition) is 0. The van der Waals surface area contributed by atoms with Gasteiger partial charge in [-0.1, -0.05) is 5.16 Å². The number of aromatic nitrogens is 5. The van der Waals surface area contributed by atoms with Crippen molar-refractivity contribution in [3.63, 3.8) is 0 Å². The maximum Gasteiger partial charge on any atom is 0.244 e. The molecule has 4 rings (SSSR count). The molecular weight excluding hydrogens is 304 g/mol. The molecule has 3 aromatic rings. The van der Waals surface area contributed by atoms with Crippen molar-refractivity contribution in [1.82, 2.24) is 29.6 Å². The van der Waals surface area contributed by atoms with E-state index >= 15 is 0 Å². The Morgan fingerprint density at radius 1 is 1.21 bits per heavy atom. The molecule has 3 aromatic heterocycles. The maximum atomic E-state index is 5.49. The predicted octanol–water partition coefficient (Wildman–Crippen LogP) is 2.73. The summed E-state index contributed by atoms with van der Waals surface area (Å²) in [5, 5.41) is 4.09. The largest absolute Gasteiger partial charge is 0.337 e. The summed E-state index contributed by atoms with van der Waals surface area (Å²) in [6.45, 7) is 4.14. The molecule has 0 N–H and O–H groups in total. The predicted molar refractivity (Wildman–Crippen MR) is 88.0 cm³/mol. The fraction of sp³-hybridized carbons (Fsp3) is 0.412. The molecule has 0 saturated carbocycles. The highest BCUT2D eigenvalue weighted by Crippen LogP contribution is 2.29. The van der Waals surface area contributed by atoms with E-state index in [-0.39, 0.29) is 6.04 Å². The van der Waals surface area contributed by atoms with Crippen LogP contribution in [-0.2, 0) is 0 Å². The third-order valence-electron chi connectivity index (χ3n) is 4.71. The molecule has 7 nitrogen and oxygen atoms in total. The SMILES string of the molecule is CC(c1nc(-c2cccnc2)no1)N1CCC(n2ccnc2)CC1. The lowest BCUT2D eigenvalue weighted by Gasteiger charge is -2.34. The van der Waals surface area contributed by atoms with Crippen molar-refractivity contribution in [2.45, 2.75) is 31.8 Å². The van der Waals surface area contributed by atoms with Crippen LogP contribution in [0.4, 0.5) is 0 Å². The van der Waals surface area contributed by atoms with E-state index < -0.39 is 0 Å². The van der Waals surface area contributed by atoms with Gasteiger partial charge in [-0.25, -0.2) is 4.98 Å². The third-order valence-corrected chi connectivity index (χ3v) is 4.71. The minimum absolute atomic E-state index is 0.117. The van der Waals surface area contributed by atoms with Gasteiger partial charge in [0.15, 0.2) is 0 Å². The van der Waals surface area contributed by atoms with E-state index in [1.807, 2.05) is 30.9 Å². The van der Waals surface area contributed by atoms with Crippen molar-refractivity contribution in [3.8, 4) is 11.4 Å². The number of rotatable bonds is 4. The Morgan fingerprint density at radius 3 is 2.79 bits per heavy atom. The zero-order chi connectivity index (χ0) is 16.4. The lowest BCUT2D eigenvalue weighted by Crippen LogP contribution is -2.36. The van der Waals surface area contributed by atoms with Crippen LogP contribution in [-0.4, -0.2) is 42.7 Å². The minimum Gasteiger partial charge on any atom is -0.337 e. The van der Waals surface area contributed by atoms with Gasteiger partial charge in [-0.3, -0.25) is 9.88 Å². The van der Waals surface area contributed by atoms with Gasteiger partial charge in [0.2, 0.25) is 11.7 Å². The zero-order valence-corrected chi connectivity index (χ0v) is 13.6. The molecule has 24 heavy (non-hydrogen) atoms. The summed E-state index contributed by atoms with van der Waals surface area (Å²) in [5.41, 5.74) is 0.874.